The van der Waals surface area contributed by atoms with Crippen molar-refractivity contribution in [3.8, 4) is 22.7 Å². The van der Waals surface area contributed by atoms with Crippen LogP contribution in [-0.4, -0.2) is 38.9 Å². The van der Waals surface area contributed by atoms with Crippen LogP contribution in [0.2, 0.25) is 0 Å². The summed E-state index contributed by atoms with van der Waals surface area (Å²) in [7, 11) is 1.62. The Morgan fingerprint density at radius 1 is 1.10 bits per heavy atom. The summed E-state index contributed by atoms with van der Waals surface area (Å²) in [5.41, 5.74) is 2.88. The standard InChI is InChI=1S/C22H21N5O2/c1-29-19-9-7-17(8-10-19)21-20(15-27(25-21)18-5-3-2-4-6-18)22(28)24-12-14-26-13-11-23-16-26/h2-11,13,15-16H,12,14H2,1H3,(H,24,28). The van der Waals surface area contributed by atoms with Crippen LogP contribution in [0.15, 0.2) is 79.5 Å². The summed E-state index contributed by atoms with van der Waals surface area (Å²) in [6.45, 7) is 1.14. The zero-order chi connectivity index (χ0) is 20.1. The summed E-state index contributed by atoms with van der Waals surface area (Å²) >= 11 is 0. The van der Waals surface area contributed by atoms with E-state index < -0.39 is 0 Å². The lowest BCUT2D eigenvalue weighted by atomic mass is 10.1. The lowest BCUT2D eigenvalue weighted by Crippen LogP contribution is -2.27. The summed E-state index contributed by atoms with van der Waals surface area (Å²) in [4.78, 5) is 16.9. The first-order valence-electron chi connectivity index (χ1n) is 9.28. The quantitative estimate of drug-likeness (QED) is 0.529. The Morgan fingerprint density at radius 3 is 2.59 bits per heavy atom. The Bertz CT molecular complexity index is 1070. The number of nitrogens with one attached hydrogen (secondary N) is 1. The van der Waals surface area contributed by atoms with E-state index in [1.165, 1.54) is 0 Å². The molecule has 0 aliphatic heterocycles. The van der Waals surface area contributed by atoms with E-state index in [2.05, 4.69) is 15.4 Å². The number of benzene rings is 2. The van der Waals surface area contributed by atoms with Gasteiger partial charge in [0.1, 0.15) is 11.4 Å². The molecule has 2 heterocycles. The van der Waals surface area contributed by atoms with Crippen LogP contribution in [0.25, 0.3) is 16.9 Å². The lowest BCUT2D eigenvalue weighted by Gasteiger charge is -2.06. The number of para-hydroxylation sites is 1. The van der Waals surface area contributed by atoms with Crippen molar-refractivity contribution in [2.45, 2.75) is 6.54 Å². The van der Waals surface area contributed by atoms with Gasteiger partial charge >= 0.3 is 0 Å². The Labute approximate surface area is 168 Å². The first-order valence-corrected chi connectivity index (χ1v) is 9.28. The second kappa shape index (κ2) is 8.43. The molecule has 7 heteroatoms. The number of nitrogens with zero attached hydrogens (tertiary/aromatic N) is 4. The second-order valence-electron chi connectivity index (χ2n) is 6.46. The van der Waals surface area contributed by atoms with Gasteiger partial charge in [-0.3, -0.25) is 4.79 Å². The summed E-state index contributed by atoms with van der Waals surface area (Å²) in [6.07, 6.45) is 7.07. The van der Waals surface area contributed by atoms with E-state index in [-0.39, 0.29) is 5.91 Å². The molecule has 2 aromatic heterocycles. The van der Waals surface area contributed by atoms with Crippen molar-refractivity contribution in [1.82, 2.24) is 24.6 Å². The zero-order valence-corrected chi connectivity index (χ0v) is 16.0. The van der Waals surface area contributed by atoms with E-state index in [1.54, 1.807) is 30.5 Å². The van der Waals surface area contributed by atoms with Crippen LogP contribution in [0, 0.1) is 0 Å². The maximum Gasteiger partial charge on any atom is 0.255 e. The first-order chi connectivity index (χ1) is 14.2. The smallest absolute Gasteiger partial charge is 0.255 e. The number of methoxy groups -OCH3 is 1. The highest BCUT2D eigenvalue weighted by atomic mass is 16.5. The molecule has 0 saturated heterocycles. The summed E-state index contributed by atoms with van der Waals surface area (Å²) < 4.78 is 8.87. The number of carbonyl (C=O) groups is 1. The van der Waals surface area contributed by atoms with Gasteiger partial charge in [0.05, 0.1) is 24.7 Å². The molecule has 4 rings (SSSR count). The summed E-state index contributed by atoms with van der Waals surface area (Å²) in [6, 6.07) is 17.2. The molecule has 0 aliphatic rings. The Balaban J connectivity index is 1.62. The number of hydrogen-bond acceptors (Lipinski definition) is 4. The largest absolute Gasteiger partial charge is 0.497 e. The molecule has 0 saturated carbocycles. The van der Waals surface area contributed by atoms with E-state index in [0.717, 1.165) is 17.0 Å². The van der Waals surface area contributed by atoms with Crippen LogP contribution in [0.3, 0.4) is 0 Å². The minimum Gasteiger partial charge on any atom is -0.497 e. The number of hydrogen-bond donors (Lipinski definition) is 1. The third kappa shape index (κ3) is 4.19. The molecular formula is C22H21N5O2. The average molecular weight is 387 g/mol. The van der Waals surface area contributed by atoms with Crippen LogP contribution >= 0.6 is 0 Å². The van der Waals surface area contributed by atoms with Crippen molar-refractivity contribution in [1.29, 1.82) is 0 Å². The van der Waals surface area contributed by atoms with Gasteiger partial charge in [0.2, 0.25) is 0 Å². The molecule has 29 heavy (non-hydrogen) atoms. The normalized spacial score (nSPS) is 10.7. The van der Waals surface area contributed by atoms with Gasteiger partial charge in [-0.2, -0.15) is 5.10 Å². The molecule has 0 bridgehead atoms. The molecule has 2 aromatic carbocycles. The van der Waals surface area contributed by atoms with Gasteiger partial charge in [-0.25, -0.2) is 9.67 Å². The highest BCUT2D eigenvalue weighted by molar-refractivity contribution is 5.99. The SMILES string of the molecule is COc1ccc(-c2nn(-c3ccccc3)cc2C(=O)NCCn2ccnc2)cc1. The number of rotatable bonds is 7. The molecule has 0 aliphatic carbocycles. The lowest BCUT2D eigenvalue weighted by molar-refractivity contribution is 0.0953. The predicted molar refractivity (Wildman–Crippen MR) is 110 cm³/mol. The Morgan fingerprint density at radius 2 is 1.90 bits per heavy atom. The second-order valence-corrected chi connectivity index (χ2v) is 6.46. The van der Waals surface area contributed by atoms with Gasteiger partial charge in [0.15, 0.2) is 0 Å². The van der Waals surface area contributed by atoms with Crippen molar-refractivity contribution in [3.63, 3.8) is 0 Å². The van der Waals surface area contributed by atoms with Gasteiger partial charge in [-0.1, -0.05) is 18.2 Å². The van der Waals surface area contributed by atoms with Crippen molar-refractivity contribution >= 4 is 5.91 Å². The van der Waals surface area contributed by atoms with Crippen LogP contribution in [-0.2, 0) is 6.54 Å². The molecule has 1 amide bonds. The topological polar surface area (TPSA) is 74.0 Å². The molecule has 0 unspecified atom stereocenters. The minimum atomic E-state index is -0.168. The van der Waals surface area contributed by atoms with Crippen LogP contribution in [0.1, 0.15) is 10.4 Å². The Kier molecular flexibility index (Phi) is 5.38. The maximum atomic E-state index is 12.9. The van der Waals surface area contributed by atoms with Crippen LogP contribution in [0.5, 0.6) is 5.75 Å². The third-order valence-electron chi connectivity index (χ3n) is 4.56. The molecule has 1 N–H and O–H groups in total. The van der Waals surface area contributed by atoms with Gasteiger partial charge in [0.25, 0.3) is 5.91 Å². The van der Waals surface area contributed by atoms with Crippen molar-refractivity contribution in [2.75, 3.05) is 13.7 Å². The molecular weight excluding hydrogens is 366 g/mol. The molecule has 0 spiro atoms. The van der Waals surface area contributed by atoms with Crippen molar-refractivity contribution < 1.29 is 9.53 Å². The van der Waals surface area contributed by atoms with E-state index >= 15 is 0 Å². The third-order valence-corrected chi connectivity index (χ3v) is 4.56. The van der Waals surface area contributed by atoms with Crippen LogP contribution < -0.4 is 10.1 Å². The predicted octanol–water partition coefficient (Wildman–Crippen LogP) is 3.17. The fourth-order valence-corrected chi connectivity index (χ4v) is 3.03. The van der Waals surface area contributed by atoms with Gasteiger partial charge < -0.3 is 14.6 Å². The molecule has 4 aromatic rings. The molecule has 0 radical (unpaired) electrons. The molecule has 0 atom stereocenters. The zero-order valence-electron chi connectivity index (χ0n) is 16.0. The highest BCUT2D eigenvalue weighted by Crippen LogP contribution is 2.25. The molecule has 7 nitrogen and oxygen atoms in total. The number of amides is 1. The van der Waals surface area contributed by atoms with E-state index in [1.807, 2.05) is 65.4 Å². The summed E-state index contributed by atoms with van der Waals surface area (Å²) in [5, 5.41) is 7.65. The fourth-order valence-electron chi connectivity index (χ4n) is 3.03. The van der Waals surface area contributed by atoms with Crippen LogP contribution in [0.4, 0.5) is 0 Å². The minimum absolute atomic E-state index is 0.168. The summed E-state index contributed by atoms with van der Waals surface area (Å²) in [5.74, 6) is 0.584. The van der Waals surface area contributed by atoms with E-state index in [9.17, 15) is 4.79 Å². The average Bonchev–Trinajstić information content (AvgIpc) is 3.45. The van der Waals surface area contributed by atoms with Gasteiger partial charge in [-0.05, 0) is 36.4 Å². The highest BCUT2D eigenvalue weighted by Gasteiger charge is 2.18. The van der Waals surface area contributed by atoms with Gasteiger partial charge in [0, 0.05) is 37.2 Å². The van der Waals surface area contributed by atoms with E-state index in [0.29, 0.717) is 24.3 Å². The number of aromatic nitrogens is 4. The first kappa shape index (κ1) is 18.5. The molecule has 146 valence electrons. The molecule has 0 fully saturated rings. The monoisotopic (exact) mass is 387 g/mol. The number of imidazole rings is 1. The van der Waals surface area contributed by atoms with Crippen molar-refractivity contribution in [3.05, 3.63) is 85.1 Å². The van der Waals surface area contributed by atoms with Gasteiger partial charge in [-0.15, -0.1) is 0 Å². The van der Waals surface area contributed by atoms with Crippen molar-refractivity contribution in [2.24, 2.45) is 0 Å². The number of carbonyl (C=O) groups excluding carboxylic acids is 1. The van der Waals surface area contributed by atoms with E-state index in [4.69, 9.17) is 4.74 Å². The maximum absolute atomic E-state index is 12.9. The Hall–Kier alpha value is -3.87. The fraction of sp³-hybridized carbons (Fsp3) is 0.136. The number of ether oxygens (including phenoxy) is 1.